The van der Waals surface area contributed by atoms with E-state index in [9.17, 15) is 4.79 Å². The van der Waals surface area contributed by atoms with Crippen LogP contribution in [0.25, 0.3) is 0 Å². The Labute approximate surface area is 112 Å². The molecule has 1 heterocycles. The van der Waals surface area contributed by atoms with E-state index >= 15 is 0 Å². The number of aromatic nitrogens is 2. The molecule has 0 bridgehead atoms. The minimum Gasteiger partial charge on any atom is -0.329 e. The number of carbonyl (C=O) groups excluding carboxylic acids is 1. The van der Waals surface area contributed by atoms with Gasteiger partial charge in [0.2, 0.25) is 5.95 Å². The molecule has 0 unspecified atom stereocenters. The first-order valence-electron chi connectivity index (χ1n) is 6.00. The van der Waals surface area contributed by atoms with Gasteiger partial charge >= 0.3 is 6.03 Å². The summed E-state index contributed by atoms with van der Waals surface area (Å²) in [6.07, 6.45) is 3.15. The Morgan fingerprint density at radius 3 is 2.32 bits per heavy atom. The fourth-order valence-corrected chi connectivity index (χ4v) is 1.71. The number of amides is 2. The van der Waals surface area contributed by atoms with Crippen LogP contribution in [0.1, 0.15) is 19.4 Å². The van der Waals surface area contributed by atoms with E-state index in [0.717, 1.165) is 5.56 Å². The van der Waals surface area contributed by atoms with Gasteiger partial charge in [0, 0.05) is 12.4 Å². The number of anilines is 1. The number of nitrogens with zero attached hydrogens (tertiary/aromatic N) is 2. The average molecular weight is 256 g/mol. The van der Waals surface area contributed by atoms with E-state index in [2.05, 4.69) is 20.6 Å². The number of hydrogen-bond donors (Lipinski definition) is 2. The summed E-state index contributed by atoms with van der Waals surface area (Å²) < 4.78 is 0. The van der Waals surface area contributed by atoms with Crippen molar-refractivity contribution in [2.45, 2.75) is 19.4 Å². The van der Waals surface area contributed by atoms with Gasteiger partial charge in [-0.1, -0.05) is 30.3 Å². The summed E-state index contributed by atoms with van der Waals surface area (Å²) in [5.41, 5.74) is 0.555. The van der Waals surface area contributed by atoms with Gasteiger partial charge in [0.25, 0.3) is 0 Å². The van der Waals surface area contributed by atoms with Crippen molar-refractivity contribution in [3.05, 3.63) is 54.4 Å². The highest BCUT2D eigenvalue weighted by Crippen LogP contribution is 2.19. The lowest BCUT2D eigenvalue weighted by atomic mass is 9.95. The van der Waals surface area contributed by atoms with E-state index in [1.807, 2.05) is 44.2 Å². The summed E-state index contributed by atoms with van der Waals surface area (Å²) in [5.74, 6) is 0.281. The summed E-state index contributed by atoms with van der Waals surface area (Å²) >= 11 is 0. The normalized spacial score (nSPS) is 10.8. The molecule has 0 aliphatic rings. The van der Waals surface area contributed by atoms with Crippen LogP contribution >= 0.6 is 0 Å². The van der Waals surface area contributed by atoms with Crippen LogP contribution in [0.3, 0.4) is 0 Å². The second kappa shape index (κ2) is 5.48. The fraction of sp³-hybridized carbons (Fsp3) is 0.214. The molecule has 5 heteroatoms. The second-order valence-corrected chi connectivity index (χ2v) is 4.64. The number of rotatable bonds is 3. The van der Waals surface area contributed by atoms with Crippen molar-refractivity contribution in [1.82, 2.24) is 15.3 Å². The Kier molecular flexibility index (Phi) is 3.75. The van der Waals surface area contributed by atoms with Crippen LogP contribution in [0.4, 0.5) is 10.7 Å². The molecule has 19 heavy (non-hydrogen) atoms. The molecule has 0 saturated heterocycles. The second-order valence-electron chi connectivity index (χ2n) is 4.64. The molecular formula is C14H16N4O. The van der Waals surface area contributed by atoms with Gasteiger partial charge in [-0.3, -0.25) is 5.32 Å². The minimum absolute atomic E-state index is 0.281. The monoisotopic (exact) mass is 256 g/mol. The predicted octanol–water partition coefficient (Wildman–Crippen LogP) is 2.53. The number of benzene rings is 1. The van der Waals surface area contributed by atoms with Crippen molar-refractivity contribution < 1.29 is 4.79 Å². The van der Waals surface area contributed by atoms with Crippen LogP contribution in [0.5, 0.6) is 0 Å². The molecule has 2 rings (SSSR count). The number of nitrogens with one attached hydrogen (secondary N) is 2. The highest BCUT2D eigenvalue weighted by molar-refractivity contribution is 5.87. The Hall–Kier alpha value is -2.43. The third-order valence-electron chi connectivity index (χ3n) is 2.71. The molecule has 0 aliphatic carbocycles. The zero-order chi connectivity index (χ0) is 13.7. The Morgan fingerprint density at radius 1 is 1.05 bits per heavy atom. The molecule has 0 fully saturated rings. The van der Waals surface area contributed by atoms with Crippen LogP contribution in [0.2, 0.25) is 0 Å². The molecule has 1 aromatic carbocycles. The lowest BCUT2D eigenvalue weighted by molar-refractivity contribution is 0.241. The molecule has 0 radical (unpaired) electrons. The van der Waals surface area contributed by atoms with E-state index in [-0.39, 0.29) is 12.0 Å². The number of carbonyl (C=O) groups is 1. The van der Waals surface area contributed by atoms with E-state index < -0.39 is 5.54 Å². The van der Waals surface area contributed by atoms with Gasteiger partial charge < -0.3 is 5.32 Å². The summed E-state index contributed by atoms with van der Waals surface area (Å²) in [5, 5.41) is 5.49. The standard InChI is InChI=1S/C14H16N4O/c1-14(2,11-7-4-3-5-8-11)18-13(19)17-12-15-9-6-10-16-12/h3-10H,1-2H3,(H2,15,16,17,18,19). The molecule has 0 spiro atoms. The molecule has 2 N–H and O–H groups in total. The molecule has 0 saturated carbocycles. The Balaban J connectivity index is 2.02. The topological polar surface area (TPSA) is 66.9 Å². The minimum atomic E-state index is -0.472. The smallest absolute Gasteiger partial charge is 0.322 e. The van der Waals surface area contributed by atoms with E-state index in [1.165, 1.54) is 0 Å². The van der Waals surface area contributed by atoms with E-state index in [1.54, 1.807) is 18.5 Å². The van der Waals surface area contributed by atoms with E-state index in [4.69, 9.17) is 0 Å². The maximum absolute atomic E-state index is 11.9. The Morgan fingerprint density at radius 2 is 1.68 bits per heavy atom. The van der Waals surface area contributed by atoms with Gasteiger partial charge in [-0.2, -0.15) is 0 Å². The summed E-state index contributed by atoms with van der Waals surface area (Å²) in [7, 11) is 0. The highest BCUT2D eigenvalue weighted by Gasteiger charge is 2.22. The van der Waals surface area contributed by atoms with Gasteiger partial charge in [-0.05, 0) is 25.5 Å². The van der Waals surface area contributed by atoms with Crippen molar-refractivity contribution in [2.75, 3.05) is 5.32 Å². The first-order valence-corrected chi connectivity index (χ1v) is 6.00. The van der Waals surface area contributed by atoms with Crippen molar-refractivity contribution >= 4 is 12.0 Å². The highest BCUT2D eigenvalue weighted by atomic mass is 16.2. The van der Waals surface area contributed by atoms with Gasteiger partial charge in [0.15, 0.2) is 0 Å². The van der Waals surface area contributed by atoms with Crippen molar-refractivity contribution in [2.24, 2.45) is 0 Å². The van der Waals surface area contributed by atoms with Crippen molar-refractivity contribution in [3.8, 4) is 0 Å². The first-order chi connectivity index (χ1) is 9.08. The maximum atomic E-state index is 11.9. The molecule has 1 aromatic heterocycles. The van der Waals surface area contributed by atoms with Gasteiger partial charge in [0.1, 0.15) is 0 Å². The molecular weight excluding hydrogens is 240 g/mol. The molecule has 2 amide bonds. The van der Waals surface area contributed by atoms with E-state index in [0.29, 0.717) is 0 Å². The summed E-state index contributed by atoms with van der Waals surface area (Å²) in [6, 6.07) is 11.1. The molecule has 0 aliphatic heterocycles. The average Bonchev–Trinajstić information content (AvgIpc) is 2.40. The molecule has 98 valence electrons. The van der Waals surface area contributed by atoms with Crippen LogP contribution in [-0.4, -0.2) is 16.0 Å². The molecule has 0 atom stereocenters. The Bertz CT molecular complexity index is 540. The number of urea groups is 1. The van der Waals surface area contributed by atoms with Gasteiger partial charge in [-0.15, -0.1) is 0 Å². The van der Waals surface area contributed by atoms with Crippen LogP contribution < -0.4 is 10.6 Å². The lowest BCUT2D eigenvalue weighted by Gasteiger charge is -2.26. The number of hydrogen-bond acceptors (Lipinski definition) is 3. The maximum Gasteiger partial charge on any atom is 0.322 e. The molecule has 5 nitrogen and oxygen atoms in total. The van der Waals surface area contributed by atoms with Crippen LogP contribution in [-0.2, 0) is 5.54 Å². The zero-order valence-electron chi connectivity index (χ0n) is 10.9. The summed E-state index contributed by atoms with van der Waals surface area (Å²) in [4.78, 5) is 19.8. The quantitative estimate of drug-likeness (QED) is 0.886. The SMILES string of the molecule is CC(C)(NC(=O)Nc1ncccn1)c1ccccc1. The van der Waals surface area contributed by atoms with Gasteiger partial charge in [0.05, 0.1) is 5.54 Å². The largest absolute Gasteiger partial charge is 0.329 e. The van der Waals surface area contributed by atoms with Crippen molar-refractivity contribution in [3.63, 3.8) is 0 Å². The predicted molar refractivity (Wildman–Crippen MR) is 73.7 cm³/mol. The van der Waals surface area contributed by atoms with Crippen LogP contribution in [0, 0.1) is 0 Å². The van der Waals surface area contributed by atoms with Gasteiger partial charge in [-0.25, -0.2) is 14.8 Å². The summed E-state index contributed by atoms with van der Waals surface area (Å²) in [6.45, 7) is 3.88. The van der Waals surface area contributed by atoms with Crippen LogP contribution in [0.15, 0.2) is 48.8 Å². The third-order valence-corrected chi connectivity index (χ3v) is 2.71. The lowest BCUT2D eigenvalue weighted by Crippen LogP contribution is -2.43. The third kappa shape index (κ3) is 3.51. The molecule has 2 aromatic rings. The first kappa shape index (κ1) is 13.0. The van der Waals surface area contributed by atoms with Crippen molar-refractivity contribution in [1.29, 1.82) is 0 Å². The fourth-order valence-electron chi connectivity index (χ4n) is 1.71. The zero-order valence-corrected chi connectivity index (χ0v) is 10.9.